The van der Waals surface area contributed by atoms with Crippen LogP contribution in [-0.4, -0.2) is 30.4 Å². The number of methoxy groups -OCH3 is 1. The topological polar surface area (TPSA) is 69.9 Å². The Bertz CT molecular complexity index is 1510. The van der Waals surface area contributed by atoms with Gasteiger partial charge in [0, 0.05) is 10.6 Å². The van der Waals surface area contributed by atoms with Gasteiger partial charge in [-0.15, -0.1) is 0 Å². The second-order valence-electron chi connectivity index (χ2n) is 7.78. The first-order valence-corrected chi connectivity index (χ1v) is 12.0. The molecule has 0 bridgehead atoms. The van der Waals surface area contributed by atoms with Crippen LogP contribution in [0.15, 0.2) is 69.6 Å². The first-order chi connectivity index (χ1) is 17.1. The zero-order valence-corrected chi connectivity index (χ0v) is 20.7. The highest BCUT2D eigenvalue weighted by molar-refractivity contribution is 7.07. The van der Waals surface area contributed by atoms with Crippen molar-refractivity contribution < 1.29 is 27.4 Å². The van der Waals surface area contributed by atoms with Crippen molar-refractivity contribution in [3.05, 3.63) is 95.6 Å². The summed E-state index contributed by atoms with van der Waals surface area (Å²) in [6, 6.07) is 12.3. The summed E-state index contributed by atoms with van der Waals surface area (Å²) in [7, 11) is 1.26. The van der Waals surface area contributed by atoms with Crippen LogP contribution in [0.2, 0.25) is 5.02 Å². The molecule has 2 aromatic carbocycles. The van der Waals surface area contributed by atoms with E-state index in [4.69, 9.17) is 21.1 Å². The Balaban J connectivity index is 1.93. The van der Waals surface area contributed by atoms with Gasteiger partial charge in [0.05, 0.1) is 29.0 Å². The molecule has 0 aliphatic carbocycles. The lowest BCUT2D eigenvalue weighted by atomic mass is 9.95. The van der Waals surface area contributed by atoms with Gasteiger partial charge in [0.2, 0.25) is 0 Å². The predicted octanol–water partition coefficient (Wildman–Crippen LogP) is 4.39. The first kappa shape index (κ1) is 25.7. The number of rotatable bonds is 6. The van der Waals surface area contributed by atoms with Crippen LogP contribution in [0.4, 0.5) is 13.2 Å². The van der Waals surface area contributed by atoms with Crippen molar-refractivity contribution >= 4 is 35.0 Å². The highest BCUT2D eigenvalue weighted by Crippen LogP contribution is 2.32. The van der Waals surface area contributed by atoms with Crippen molar-refractivity contribution in [2.75, 3.05) is 13.7 Å². The fourth-order valence-corrected chi connectivity index (χ4v) is 5.07. The van der Waals surface area contributed by atoms with Gasteiger partial charge < -0.3 is 9.47 Å². The van der Waals surface area contributed by atoms with Gasteiger partial charge in [-0.1, -0.05) is 60.2 Å². The number of carbonyl (C=O) groups excluding carboxylic acids is 1. The monoisotopic (exact) mass is 536 g/mol. The molecule has 0 unspecified atom stereocenters. The summed E-state index contributed by atoms with van der Waals surface area (Å²) >= 11 is 7.13. The summed E-state index contributed by atoms with van der Waals surface area (Å²) < 4.78 is 49.8. The number of thiazole rings is 1. The first-order valence-electron chi connectivity index (χ1n) is 10.8. The molecule has 0 saturated heterocycles. The molecule has 0 radical (unpaired) electrons. The molecule has 0 N–H and O–H groups in total. The van der Waals surface area contributed by atoms with E-state index >= 15 is 0 Å². The van der Waals surface area contributed by atoms with Gasteiger partial charge in [-0.25, -0.2) is 9.79 Å². The van der Waals surface area contributed by atoms with E-state index < -0.39 is 30.4 Å². The third-order valence-corrected chi connectivity index (χ3v) is 6.63. The zero-order chi connectivity index (χ0) is 26.0. The molecule has 1 aromatic heterocycles. The van der Waals surface area contributed by atoms with E-state index in [1.54, 1.807) is 24.3 Å². The van der Waals surface area contributed by atoms with E-state index in [2.05, 4.69) is 4.99 Å². The average molecular weight is 537 g/mol. The lowest BCUT2D eigenvalue weighted by Crippen LogP contribution is -2.40. The molecule has 188 valence electrons. The summed E-state index contributed by atoms with van der Waals surface area (Å²) in [5.41, 5.74) is 1.16. The number of ether oxygens (including phenoxy) is 2. The van der Waals surface area contributed by atoms with Crippen LogP contribution in [0.5, 0.6) is 5.75 Å². The fraction of sp³-hybridized carbons (Fsp3) is 0.240. The normalized spacial score (nSPS) is 15.9. The van der Waals surface area contributed by atoms with Crippen LogP contribution in [0.3, 0.4) is 0 Å². The number of esters is 1. The number of fused-ring (bicyclic) bond motifs is 1. The number of allylic oxidation sites excluding steroid dienone is 1. The molecular weight excluding hydrogens is 517 g/mol. The average Bonchev–Trinajstić information content (AvgIpc) is 3.16. The van der Waals surface area contributed by atoms with E-state index in [9.17, 15) is 22.8 Å². The second-order valence-corrected chi connectivity index (χ2v) is 9.23. The number of nitrogens with zero attached hydrogens (tertiary/aromatic N) is 2. The van der Waals surface area contributed by atoms with E-state index in [1.807, 2.05) is 13.0 Å². The molecule has 36 heavy (non-hydrogen) atoms. The van der Waals surface area contributed by atoms with E-state index in [0.717, 1.165) is 11.3 Å². The number of halogens is 4. The predicted molar refractivity (Wildman–Crippen MR) is 130 cm³/mol. The van der Waals surface area contributed by atoms with Crippen LogP contribution >= 0.6 is 22.9 Å². The van der Waals surface area contributed by atoms with Crippen molar-refractivity contribution in [1.82, 2.24) is 4.57 Å². The van der Waals surface area contributed by atoms with Crippen molar-refractivity contribution in [2.45, 2.75) is 25.6 Å². The van der Waals surface area contributed by atoms with Crippen molar-refractivity contribution in [2.24, 2.45) is 4.99 Å². The Morgan fingerprint density at radius 3 is 2.58 bits per heavy atom. The lowest BCUT2D eigenvalue weighted by Gasteiger charge is -2.25. The molecule has 3 aromatic rings. The van der Waals surface area contributed by atoms with Gasteiger partial charge in [-0.2, -0.15) is 13.2 Å². The zero-order valence-electron chi connectivity index (χ0n) is 19.1. The minimum Gasteiger partial charge on any atom is -0.483 e. The van der Waals surface area contributed by atoms with Crippen LogP contribution in [-0.2, 0) is 9.53 Å². The van der Waals surface area contributed by atoms with E-state index in [0.29, 0.717) is 22.5 Å². The molecular formula is C25H20ClF3N2O4S. The molecule has 0 fully saturated rings. The standard InChI is InChI=1S/C25H20ClF3N2O4S/c1-3-17-20(23(33)34-2)21(14-7-5-4-6-8-14)31-22(32)19(36-24(31)30-17)12-15-11-16(26)9-10-18(15)35-13-25(27,28)29/h4-12,21H,3,13H2,1-2H3/b19-12+/t21-/m1/s1. The molecule has 11 heteroatoms. The molecule has 0 saturated carbocycles. The highest BCUT2D eigenvalue weighted by atomic mass is 35.5. The van der Waals surface area contributed by atoms with Crippen LogP contribution in [0.1, 0.15) is 30.5 Å². The van der Waals surface area contributed by atoms with Gasteiger partial charge in [0.15, 0.2) is 11.4 Å². The summed E-state index contributed by atoms with van der Waals surface area (Å²) in [6.45, 7) is 0.349. The Labute approximate surface area is 212 Å². The minimum absolute atomic E-state index is 0.0772. The maximum absolute atomic E-state index is 13.6. The Hall–Kier alpha value is -3.37. The maximum Gasteiger partial charge on any atom is 0.422 e. The smallest absolute Gasteiger partial charge is 0.422 e. The number of hydrogen-bond acceptors (Lipinski definition) is 6. The molecule has 4 rings (SSSR count). The van der Waals surface area contributed by atoms with Crippen molar-refractivity contribution in [3.8, 4) is 5.75 Å². The third kappa shape index (κ3) is 5.24. The van der Waals surface area contributed by atoms with Gasteiger partial charge in [0.25, 0.3) is 5.56 Å². The Morgan fingerprint density at radius 1 is 1.22 bits per heavy atom. The van der Waals surface area contributed by atoms with Gasteiger partial charge >= 0.3 is 12.1 Å². The third-order valence-electron chi connectivity index (χ3n) is 5.42. The summed E-state index contributed by atoms with van der Waals surface area (Å²) in [5, 5.41) is 0.261. The fourth-order valence-electron chi connectivity index (χ4n) is 3.88. The van der Waals surface area contributed by atoms with Crippen LogP contribution in [0, 0.1) is 0 Å². The Morgan fingerprint density at radius 2 is 1.94 bits per heavy atom. The SMILES string of the molecule is CCC1=C(C(=O)OC)[C@@H](c2ccccc2)n2c(s/c(=C/c3cc(Cl)ccc3OCC(F)(F)F)c2=O)=N1. The van der Waals surface area contributed by atoms with Crippen LogP contribution in [0.25, 0.3) is 6.08 Å². The van der Waals surface area contributed by atoms with E-state index in [-0.39, 0.29) is 26.4 Å². The van der Waals surface area contributed by atoms with Gasteiger partial charge in [0.1, 0.15) is 5.75 Å². The summed E-state index contributed by atoms with van der Waals surface area (Å²) in [6.07, 6.45) is -2.70. The quantitative estimate of drug-likeness (QED) is 0.438. The molecule has 0 spiro atoms. The van der Waals surface area contributed by atoms with Gasteiger partial charge in [-0.05, 0) is 36.3 Å². The number of alkyl halides is 3. The lowest BCUT2D eigenvalue weighted by molar-refractivity contribution is -0.153. The summed E-state index contributed by atoms with van der Waals surface area (Å²) in [4.78, 5) is 31.3. The largest absolute Gasteiger partial charge is 0.483 e. The highest BCUT2D eigenvalue weighted by Gasteiger charge is 2.34. The number of hydrogen-bond donors (Lipinski definition) is 0. The van der Waals surface area contributed by atoms with Gasteiger partial charge in [-0.3, -0.25) is 9.36 Å². The molecule has 1 aliphatic heterocycles. The van der Waals surface area contributed by atoms with Crippen molar-refractivity contribution in [3.63, 3.8) is 0 Å². The molecule has 0 amide bonds. The van der Waals surface area contributed by atoms with Crippen LogP contribution < -0.4 is 19.6 Å². The number of benzene rings is 2. The Kier molecular flexibility index (Phi) is 7.37. The molecule has 1 aliphatic rings. The number of aromatic nitrogens is 1. The maximum atomic E-state index is 13.6. The summed E-state index contributed by atoms with van der Waals surface area (Å²) in [5.74, 6) is -0.678. The second kappa shape index (κ2) is 10.3. The molecule has 6 nitrogen and oxygen atoms in total. The van der Waals surface area contributed by atoms with E-state index in [1.165, 1.54) is 36.0 Å². The molecule has 1 atom stereocenters. The molecule has 2 heterocycles. The minimum atomic E-state index is -4.53. The van der Waals surface area contributed by atoms with Crippen molar-refractivity contribution in [1.29, 1.82) is 0 Å². The number of carbonyl (C=O) groups is 1.